The predicted molar refractivity (Wildman–Crippen MR) is 92.6 cm³/mol. The Hall–Kier alpha value is -1.79. The maximum atomic E-state index is 12.2. The highest BCUT2D eigenvalue weighted by Crippen LogP contribution is 2.28. The number of carbonyl (C=O) groups is 1. The number of ether oxygens (including phenoxy) is 1. The average molecular weight is 333 g/mol. The molecule has 1 aromatic heterocycles. The summed E-state index contributed by atoms with van der Waals surface area (Å²) in [6.45, 7) is 6.41. The number of amides is 1. The zero-order valence-corrected chi connectivity index (χ0v) is 14.6. The molecule has 0 saturated heterocycles. The fourth-order valence-electron chi connectivity index (χ4n) is 2.17. The molecule has 0 saturated carbocycles. The molecule has 5 nitrogen and oxygen atoms in total. The number of anilines is 1. The zero-order chi connectivity index (χ0) is 16.7. The Morgan fingerprint density at radius 3 is 2.57 bits per heavy atom. The molecule has 1 aromatic carbocycles. The highest BCUT2D eigenvalue weighted by atomic mass is 32.1. The van der Waals surface area contributed by atoms with Crippen molar-refractivity contribution in [1.29, 1.82) is 0 Å². The molecule has 1 N–H and O–H groups in total. The lowest BCUT2D eigenvalue weighted by molar-refractivity contribution is -0.127. The van der Waals surface area contributed by atoms with E-state index in [1.165, 1.54) is 11.3 Å². The van der Waals surface area contributed by atoms with Crippen molar-refractivity contribution in [2.24, 2.45) is 0 Å². The van der Waals surface area contributed by atoms with Gasteiger partial charge in [-0.2, -0.15) is 0 Å². The van der Waals surface area contributed by atoms with Gasteiger partial charge >= 0.3 is 0 Å². The van der Waals surface area contributed by atoms with Crippen molar-refractivity contribution in [3.8, 4) is 0 Å². The summed E-state index contributed by atoms with van der Waals surface area (Å²) >= 11 is 1.44. The maximum Gasteiger partial charge on any atom is 0.255 e. The first-order valence-electron chi connectivity index (χ1n) is 7.93. The van der Waals surface area contributed by atoms with Gasteiger partial charge in [-0.05, 0) is 25.3 Å². The van der Waals surface area contributed by atoms with Gasteiger partial charge in [-0.15, -0.1) is 10.2 Å². The van der Waals surface area contributed by atoms with Crippen molar-refractivity contribution >= 4 is 22.4 Å². The number of rotatable bonds is 8. The van der Waals surface area contributed by atoms with Gasteiger partial charge in [0.25, 0.3) is 5.91 Å². The average Bonchev–Trinajstić information content (AvgIpc) is 3.03. The quantitative estimate of drug-likeness (QED) is 0.793. The van der Waals surface area contributed by atoms with Crippen LogP contribution in [0.4, 0.5) is 5.13 Å². The van der Waals surface area contributed by atoms with Gasteiger partial charge in [0.2, 0.25) is 5.13 Å². The van der Waals surface area contributed by atoms with Crippen molar-refractivity contribution in [2.45, 2.75) is 52.2 Å². The van der Waals surface area contributed by atoms with Crippen molar-refractivity contribution in [3.63, 3.8) is 0 Å². The lowest BCUT2D eigenvalue weighted by atomic mass is 10.1. The Morgan fingerprint density at radius 1 is 1.22 bits per heavy atom. The normalized spacial score (nSPS) is 12.3. The van der Waals surface area contributed by atoms with Gasteiger partial charge < -0.3 is 4.74 Å². The summed E-state index contributed by atoms with van der Waals surface area (Å²) in [5.41, 5.74) is 1.04. The third-order valence-electron chi connectivity index (χ3n) is 3.72. The zero-order valence-electron chi connectivity index (χ0n) is 13.8. The van der Waals surface area contributed by atoms with Crippen LogP contribution < -0.4 is 5.32 Å². The second-order valence-corrected chi connectivity index (χ2v) is 6.40. The first kappa shape index (κ1) is 17.6. The van der Waals surface area contributed by atoms with Crippen LogP contribution in [0, 0.1) is 0 Å². The maximum absolute atomic E-state index is 12.2. The largest absolute Gasteiger partial charge is 0.364 e. The van der Waals surface area contributed by atoms with Gasteiger partial charge in [-0.25, -0.2) is 0 Å². The molecule has 2 rings (SSSR count). The number of nitrogens with one attached hydrogen (secondary N) is 1. The molecular weight excluding hydrogens is 310 g/mol. The molecule has 1 amide bonds. The summed E-state index contributed by atoms with van der Waals surface area (Å²) in [6, 6.07) is 9.79. The first-order chi connectivity index (χ1) is 11.1. The molecule has 0 aliphatic carbocycles. The number of carbonyl (C=O) groups excluding carboxylic acids is 1. The fourth-order valence-corrected chi connectivity index (χ4v) is 3.18. The Labute approximate surface area is 141 Å². The Balaban J connectivity index is 1.86. The molecule has 1 unspecified atom stereocenters. The Kier molecular flexibility index (Phi) is 6.67. The van der Waals surface area contributed by atoms with Crippen LogP contribution in [0.2, 0.25) is 0 Å². The minimum Gasteiger partial charge on any atom is -0.364 e. The molecule has 0 aliphatic heterocycles. The Bertz CT molecular complexity index is 611. The van der Waals surface area contributed by atoms with E-state index in [0.717, 1.165) is 23.4 Å². The van der Waals surface area contributed by atoms with Gasteiger partial charge in [0.15, 0.2) is 0 Å². The number of hydrogen-bond acceptors (Lipinski definition) is 5. The highest BCUT2D eigenvalue weighted by Gasteiger charge is 2.18. The van der Waals surface area contributed by atoms with Crippen LogP contribution in [-0.2, 0) is 16.1 Å². The number of benzene rings is 1. The smallest absolute Gasteiger partial charge is 0.255 e. The van der Waals surface area contributed by atoms with Crippen LogP contribution >= 0.6 is 11.3 Å². The summed E-state index contributed by atoms with van der Waals surface area (Å²) in [4.78, 5) is 12.2. The summed E-state index contributed by atoms with van der Waals surface area (Å²) in [5, 5.41) is 12.5. The van der Waals surface area contributed by atoms with Crippen molar-refractivity contribution in [2.75, 3.05) is 5.32 Å². The van der Waals surface area contributed by atoms with Crippen molar-refractivity contribution < 1.29 is 9.53 Å². The van der Waals surface area contributed by atoms with E-state index in [1.807, 2.05) is 30.3 Å². The molecule has 2 aromatic rings. The number of nitrogens with zero attached hydrogens (tertiary/aromatic N) is 2. The van der Waals surface area contributed by atoms with Crippen molar-refractivity contribution in [3.05, 3.63) is 40.9 Å². The SMILES string of the molecule is CCC(CC)c1nnc(NC(=O)C(C)OCc2ccccc2)s1. The molecule has 124 valence electrons. The van der Waals surface area contributed by atoms with Crippen LogP contribution in [0.15, 0.2) is 30.3 Å². The van der Waals surface area contributed by atoms with Crippen molar-refractivity contribution in [1.82, 2.24) is 10.2 Å². The monoisotopic (exact) mass is 333 g/mol. The number of aromatic nitrogens is 2. The number of hydrogen-bond donors (Lipinski definition) is 1. The second-order valence-electron chi connectivity index (χ2n) is 5.39. The lowest BCUT2D eigenvalue weighted by Crippen LogP contribution is -2.27. The van der Waals surface area contributed by atoms with Gasteiger partial charge in [-0.3, -0.25) is 10.1 Å². The van der Waals surface area contributed by atoms with E-state index in [4.69, 9.17) is 4.74 Å². The molecule has 0 spiro atoms. The molecule has 0 aliphatic rings. The third-order valence-corrected chi connectivity index (χ3v) is 4.72. The minimum absolute atomic E-state index is 0.201. The molecule has 0 bridgehead atoms. The van der Waals surface area contributed by atoms with E-state index in [0.29, 0.717) is 17.7 Å². The fraction of sp³-hybridized carbons (Fsp3) is 0.471. The van der Waals surface area contributed by atoms with Gasteiger partial charge in [0.05, 0.1) is 6.61 Å². The lowest BCUT2D eigenvalue weighted by Gasteiger charge is -2.12. The van der Waals surface area contributed by atoms with Crippen LogP contribution in [0.25, 0.3) is 0 Å². The van der Waals surface area contributed by atoms with Crippen LogP contribution in [0.5, 0.6) is 0 Å². The van der Waals surface area contributed by atoms with E-state index in [2.05, 4.69) is 29.4 Å². The van der Waals surface area contributed by atoms with Gasteiger partial charge in [-0.1, -0.05) is 55.5 Å². The van der Waals surface area contributed by atoms with Gasteiger partial charge in [0.1, 0.15) is 11.1 Å². The molecule has 6 heteroatoms. The molecule has 1 atom stereocenters. The van der Waals surface area contributed by atoms with E-state index in [9.17, 15) is 4.79 Å². The molecule has 0 fully saturated rings. The summed E-state index contributed by atoms with van der Waals surface area (Å²) in [6.07, 6.45) is 1.50. The second kappa shape index (κ2) is 8.74. The van der Waals surface area contributed by atoms with Crippen LogP contribution in [-0.4, -0.2) is 22.2 Å². The van der Waals surface area contributed by atoms with E-state index < -0.39 is 6.10 Å². The summed E-state index contributed by atoms with van der Waals surface area (Å²) in [7, 11) is 0. The minimum atomic E-state index is -0.546. The molecule has 0 radical (unpaired) electrons. The topological polar surface area (TPSA) is 64.1 Å². The first-order valence-corrected chi connectivity index (χ1v) is 8.75. The van der Waals surface area contributed by atoms with Crippen LogP contribution in [0.1, 0.15) is 50.1 Å². The van der Waals surface area contributed by atoms with E-state index >= 15 is 0 Å². The highest BCUT2D eigenvalue weighted by molar-refractivity contribution is 7.15. The van der Waals surface area contributed by atoms with E-state index in [1.54, 1.807) is 6.92 Å². The van der Waals surface area contributed by atoms with E-state index in [-0.39, 0.29) is 5.91 Å². The standard InChI is InChI=1S/C17H23N3O2S/c1-4-14(5-2)16-19-20-17(23-16)18-15(21)12(3)22-11-13-9-7-6-8-10-13/h6-10,12,14H,4-5,11H2,1-3H3,(H,18,20,21). The van der Waals surface area contributed by atoms with Gasteiger partial charge in [0, 0.05) is 5.92 Å². The molecule has 1 heterocycles. The van der Waals surface area contributed by atoms with Crippen LogP contribution in [0.3, 0.4) is 0 Å². The molecule has 23 heavy (non-hydrogen) atoms. The summed E-state index contributed by atoms with van der Waals surface area (Å²) in [5.74, 6) is 0.207. The third kappa shape index (κ3) is 5.11. The molecular formula is C17H23N3O2S. The Morgan fingerprint density at radius 2 is 1.91 bits per heavy atom. The summed E-state index contributed by atoms with van der Waals surface area (Å²) < 4.78 is 5.60. The predicted octanol–water partition coefficient (Wildman–Crippen LogP) is 3.99.